The molecule has 0 saturated heterocycles. The summed E-state index contributed by atoms with van der Waals surface area (Å²) in [6, 6.07) is 7.85. The summed E-state index contributed by atoms with van der Waals surface area (Å²) in [5.74, 6) is 3.27. The second kappa shape index (κ2) is 6.59. The molecule has 4 aliphatic rings. The summed E-state index contributed by atoms with van der Waals surface area (Å²) < 4.78 is 5.56. The van der Waals surface area contributed by atoms with Crippen LogP contribution in [0.3, 0.4) is 0 Å². The third kappa shape index (κ3) is 3.14. The molecule has 1 N–H and O–H groups in total. The van der Waals surface area contributed by atoms with E-state index in [-0.39, 0.29) is 11.3 Å². The number of aromatic nitrogens is 2. The Labute approximate surface area is 163 Å². The number of rotatable bonds is 5. The van der Waals surface area contributed by atoms with Crippen LogP contribution in [0.1, 0.15) is 45.4 Å². The third-order valence-corrected chi connectivity index (χ3v) is 7.45. The number of anilines is 1. The van der Waals surface area contributed by atoms with Gasteiger partial charge in [-0.2, -0.15) is 0 Å². The summed E-state index contributed by atoms with van der Waals surface area (Å²) in [6.45, 7) is 2.60. The average Bonchev–Trinajstić information content (AvgIpc) is 3.10. The zero-order chi connectivity index (χ0) is 18.4. The van der Waals surface area contributed by atoms with Gasteiger partial charge in [-0.25, -0.2) is 0 Å². The first kappa shape index (κ1) is 17.2. The third-order valence-electron chi connectivity index (χ3n) is 6.56. The van der Waals surface area contributed by atoms with E-state index in [2.05, 4.69) is 15.5 Å². The molecular weight excluding hydrogens is 358 g/mol. The molecule has 4 aliphatic carbocycles. The van der Waals surface area contributed by atoms with Gasteiger partial charge in [0.1, 0.15) is 10.8 Å². The minimum absolute atomic E-state index is 0.157. The highest BCUT2D eigenvalue weighted by Gasteiger charge is 2.54. The number of hydrogen-bond acceptors (Lipinski definition) is 5. The van der Waals surface area contributed by atoms with Crippen LogP contribution >= 0.6 is 11.3 Å². The van der Waals surface area contributed by atoms with Crippen LogP contribution in [0.5, 0.6) is 5.75 Å². The summed E-state index contributed by atoms with van der Waals surface area (Å²) in [5.41, 5.74) is 0.809. The van der Waals surface area contributed by atoms with Gasteiger partial charge in [0.05, 0.1) is 12.0 Å². The van der Waals surface area contributed by atoms with E-state index in [0.717, 1.165) is 53.3 Å². The zero-order valence-electron chi connectivity index (χ0n) is 15.6. The molecule has 1 aromatic carbocycles. The van der Waals surface area contributed by atoms with E-state index in [1.54, 1.807) is 0 Å². The predicted octanol–water partition coefficient (Wildman–Crippen LogP) is 4.76. The van der Waals surface area contributed by atoms with Crippen molar-refractivity contribution in [3.05, 3.63) is 24.3 Å². The number of nitrogens with zero attached hydrogens (tertiary/aromatic N) is 2. The van der Waals surface area contributed by atoms with Crippen molar-refractivity contribution in [1.82, 2.24) is 10.2 Å². The summed E-state index contributed by atoms with van der Waals surface area (Å²) in [5, 5.41) is 13.0. The summed E-state index contributed by atoms with van der Waals surface area (Å²) >= 11 is 1.44. The molecule has 6 rings (SSSR count). The highest BCUT2D eigenvalue weighted by molar-refractivity contribution is 7.18. The number of carbonyl (C=O) groups is 1. The smallest absolute Gasteiger partial charge is 0.232 e. The monoisotopic (exact) mass is 383 g/mol. The van der Waals surface area contributed by atoms with Crippen LogP contribution < -0.4 is 10.1 Å². The van der Waals surface area contributed by atoms with Crippen LogP contribution in [0.25, 0.3) is 10.6 Å². The standard InChI is InChI=1S/C21H25N3O2S/c1-2-26-17-5-3-4-16(9-17)18-23-24-20(27-18)22-19(25)21-10-13-6-14(11-21)8-15(7-13)12-21/h3-5,9,13-15H,2,6-8,10-12H2,1H3,(H,22,24,25). The minimum atomic E-state index is -0.157. The summed E-state index contributed by atoms with van der Waals surface area (Å²) in [6.07, 6.45) is 7.20. The van der Waals surface area contributed by atoms with Gasteiger partial charge in [-0.15, -0.1) is 10.2 Å². The van der Waals surface area contributed by atoms with Crippen LogP contribution in [-0.2, 0) is 4.79 Å². The van der Waals surface area contributed by atoms with Crippen LogP contribution in [0.4, 0.5) is 5.13 Å². The van der Waals surface area contributed by atoms with Gasteiger partial charge in [0.2, 0.25) is 11.0 Å². The number of nitrogens with one attached hydrogen (secondary N) is 1. The van der Waals surface area contributed by atoms with E-state index in [1.165, 1.54) is 30.6 Å². The number of amides is 1. The van der Waals surface area contributed by atoms with Crippen LogP contribution in [-0.4, -0.2) is 22.7 Å². The molecule has 6 heteroatoms. The van der Waals surface area contributed by atoms with E-state index in [9.17, 15) is 4.79 Å². The van der Waals surface area contributed by atoms with Crippen molar-refractivity contribution in [2.75, 3.05) is 11.9 Å². The molecule has 4 bridgehead atoms. The van der Waals surface area contributed by atoms with Crippen LogP contribution in [0.2, 0.25) is 0 Å². The minimum Gasteiger partial charge on any atom is -0.494 e. The largest absolute Gasteiger partial charge is 0.494 e. The maximum absolute atomic E-state index is 13.2. The molecule has 1 aromatic heterocycles. The molecule has 0 unspecified atom stereocenters. The molecule has 4 fully saturated rings. The van der Waals surface area contributed by atoms with Crippen molar-refractivity contribution in [1.29, 1.82) is 0 Å². The van der Waals surface area contributed by atoms with Gasteiger partial charge >= 0.3 is 0 Å². The molecule has 1 amide bonds. The Hall–Kier alpha value is -1.95. The fourth-order valence-corrected chi connectivity index (χ4v) is 6.63. The zero-order valence-corrected chi connectivity index (χ0v) is 16.4. The van der Waals surface area contributed by atoms with Crippen molar-refractivity contribution in [3.63, 3.8) is 0 Å². The molecule has 142 valence electrons. The maximum Gasteiger partial charge on any atom is 0.232 e. The molecule has 0 aliphatic heterocycles. The molecular formula is C21H25N3O2S. The number of carbonyl (C=O) groups excluding carboxylic acids is 1. The molecule has 0 radical (unpaired) electrons. The molecule has 2 aromatic rings. The summed E-state index contributed by atoms with van der Waals surface area (Å²) in [4.78, 5) is 13.2. The Kier molecular flexibility index (Phi) is 4.19. The van der Waals surface area contributed by atoms with Crippen molar-refractivity contribution in [2.45, 2.75) is 45.4 Å². The Morgan fingerprint density at radius 3 is 2.56 bits per heavy atom. The number of benzene rings is 1. The lowest BCUT2D eigenvalue weighted by Crippen LogP contribution is -2.51. The predicted molar refractivity (Wildman–Crippen MR) is 106 cm³/mol. The lowest BCUT2D eigenvalue weighted by Gasteiger charge is -2.55. The highest BCUT2D eigenvalue weighted by atomic mass is 32.1. The highest BCUT2D eigenvalue weighted by Crippen LogP contribution is 2.60. The van der Waals surface area contributed by atoms with Crippen LogP contribution in [0, 0.1) is 23.2 Å². The van der Waals surface area contributed by atoms with Crippen molar-refractivity contribution in [2.24, 2.45) is 23.2 Å². The van der Waals surface area contributed by atoms with Gasteiger partial charge < -0.3 is 10.1 Å². The average molecular weight is 384 g/mol. The SMILES string of the molecule is CCOc1cccc(-c2nnc(NC(=O)C34CC5CC(CC(C5)C3)C4)s2)c1. The van der Waals surface area contributed by atoms with E-state index in [4.69, 9.17) is 4.74 Å². The lowest BCUT2D eigenvalue weighted by molar-refractivity contribution is -0.140. The first-order valence-electron chi connectivity index (χ1n) is 10.0. The molecule has 5 nitrogen and oxygen atoms in total. The van der Waals surface area contributed by atoms with Crippen molar-refractivity contribution < 1.29 is 9.53 Å². The Morgan fingerprint density at radius 1 is 1.19 bits per heavy atom. The van der Waals surface area contributed by atoms with Crippen molar-refractivity contribution in [3.8, 4) is 16.3 Å². The van der Waals surface area contributed by atoms with E-state index in [0.29, 0.717) is 11.7 Å². The van der Waals surface area contributed by atoms with Gasteiger partial charge in [-0.05, 0) is 75.3 Å². The van der Waals surface area contributed by atoms with Crippen molar-refractivity contribution >= 4 is 22.4 Å². The molecule has 4 saturated carbocycles. The lowest BCUT2D eigenvalue weighted by atomic mass is 9.49. The van der Waals surface area contributed by atoms with Gasteiger partial charge in [0.15, 0.2) is 0 Å². The quantitative estimate of drug-likeness (QED) is 0.808. The Bertz CT molecular complexity index is 827. The van der Waals surface area contributed by atoms with E-state index in [1.807, 2.05) is 31.2 Å². The number of ether oxygens (including phenoxy) is 1. The van der Waals surface area contributed by atoms with Crippen LogP contribution in [0.15, 0.2) is 24.3 Å². The first-order chi connectivity index (χ1) is 13.1. The molecule has 1 heterocycles. The molecule has 27 heavy (non-hydrogen) atoms. The van der Waals surface area contributed by atoms with E-state index >= 15 is 0 Å². The van der Waals surface area contributed by atoms with E-state index < -0.39 is 0 Å². The second-order valence-corrected chi connectivity index (χ2v) is 9.50. The maximum atomic E-state index is 13.2. The topological polar surface area (TPSA) is 64.1 Å². The van der Waals surface area contributed by atoms with Gasteiger partial charge in [0, 0.05) is 5.56 Å². The first-order valence-corrected chi connectivity index (χ1v) is 10.8. The molecule has 0 spiro atoms. The fourth-order valence-electron chi connectivity index (χ4n) is 5.89. The Balaban J connectivity index is 1.32. The second-order valence-electron chi connectivity index (χ2n) is 8.53. The number of hydrogen-bond donors (Lipinski definition) is 1. The van der Waals surface area contributed by atoms with Gasteiger partial charge in [0.25, 0.3) is 0 Å². The molecule has 0 atom stereocenters. The Morgan fingerprint density at radius 2 is 1.89 bits per heavy atom. The van der Waals surface area contributed by atoms with Gasteiger partial charge in [-0.3, -0.25) is 4.79 Å². The normalized spacial score (nSPS) is 31.1. The fraction of sp³-hybridized carbons (Fsp3) is 0.571. The van der Waals surface area contributed by atoms with Gasteiger partial charge in [-0.1, -0.05) is 23.5 Å². The summed E-state index contributed by atoms with van der Waals surface area (Å²) in [7, 11) is 0.